The van der Waals surface area contributed by atoms with E-state index in [1.165, 1.54) is 0 Å². The number of rotatable bonds is 11. The maximum atomic E-state index is 11.4. The second-order valence-corrected chi connectivity index (χ2v) is 4.30. The molecule has 1 unspecified atom stereocenters. The van der Waals surface area contributed by atoms with Crippen molar-refractivity contribution in [3.63, 3.8) is 0 Å². The molecule has 1 amide bonds. The number of esters is 1. The molecule has 0 aromatic carbocycles. The van der Waals surface area contributed by atoms with Crippen molar-refractivity contribution < 1.29 is 19.1 Å². The van der Waals surface area contributed by atoms with E-state index in [1.54, 1.807) is 0 Å². The first-order valence-electron chi connectivity index (χ1n) is 6.65. The Morgan fingerprint density at radius 3 is 2.44 bits per heavy atom. The largest absolute Gasteiger partial charge is 0.460 e. The van der Waals surface area contributed by atoms with E-state index in [0.717, 1.165) is 25.7 Å². The number of ether oxygens (including phenoxy) is 2. The first kappa shape index (κ1) is 16.9. The van der Waals surface area contributed by atoms with E-state index in [4.69, 9.17) is 15.2 Å². The number of unbranched alkanes of at least 4 members (excludes halogenated alkanes) is 1. The second-order valence-electron chi connectivity index (χ2n) is 4.30. The quantitative estimate of drug-likeness (QED) is 0.453. The van der Waals surface area contributed by atoms with Crippen molar-refractivity contribution in [3.8, 4) is 0 Å². The lowest BCUT2D eigenvalue weighted by Crippen LogP contribution is -2.24. The van der Waals surface area contributed by atoms with E-state index in [1.807, 2.05) is 6.92 Å². The Bertz CT molecular complexity index is 243. The lowest BCUT2D eigenvalue weighted by Gasteiger charge is -2.17. The van der Waals surface area contributed by atoms with Crippen LogP contribution in [-0.2, 0) is 19.1 Å². The summed E-state index contributed by atoms with van der Waals surface area (Å²) in [6.45, 7) is 5.23. The third-order valence-corrected chi connectivity index (χ3v) is 2.43. The van der Waals surface area contributed by atoms with Crippen molar-refractivity contribution in [1.29, 1.82) is 0 Å². The van der Waals surface area contributed by atoms with Gasteiger partial charge in [-0.25, -0.2) is 0 Å². The molecule has 0 heterocycles. The topological polar surface area (TPSA) is 78.6 Å². The molecule has 5 heteroatoms. The lowest BCUT2D eigenvalue weighted by atomic mass is 10.2. The molecule has 0 spiro atoms. The number of carbonyl (C=O) groups excluding carboxylic acids is 2. The van der Waals surface area contributed by atoms with Gasteiger partial charge in [0.1, 0.15) is 6.10 Å². The first-order chi connectivity index (χ1) is 8.60. The molecule has 1 atom stereocenters. The van der Waals surface area contributed by atoms with Gasteiger partial charge in [-0.3, -0.25) is 9.59 Å². The number of nitrogens with two attached hydrogens (primary N) is 1. The van der Waals surface area contributed by atoms with E-state index < -0.39 is 5.91 Å². The minimum Gasteiger partial charge on any atom is -0.460 e. The number of carbonyl (C=O) groups is 2. The molecule has 0 saturated heterocycles. The van der Waals surface area contributed by atoms with E-state index in [2.05, 4.69) is 6.92 Å². The lowest BCUT2D eigenvalue weighted by molar-refractivity contribution is -0.153. The Balaban J connectivity index is 3.86. The molecule has 0 fully saturated rings. The van der Waals surface area contributed by atoms with E-state index in [-0.39, 0.29) is 24.9 Å². The molecule has 0 aliphatic rings. The maximum absolute atomic E-state index is 11.4. The molecular weight excluding hydrogens is 234 g/mol. The molecule has 0 aliphatic carbocycles. The van der Waals surface area contributed by atoms with Crippen molar-refractivity contribution in [2.45, 2.75) is 58.5 Å². The van der Waals surface area contributed by atoms with Gasteiger partial charge >= 0.3 is 5.97 Å². The summed E-state index contributed by atoms with van der Waals surface area (Å²) in [5.41, 5.74) is 4.97. The van der Waals surface area contributed by atoms with E-state index >= 15 is 0 Å². The molecular formula is C13H25NO4. The van der Waals surface area contributed by atoms with Crippen LogP contribution in [0.4, 0.5) is 0 Å². The van der Waals surface area contributed by atoms with E-state index in [9.17, 15) is 9.59 Å². The van der Waals surface area contributed by atoms with Crippen molar-refractivity contribution in [3.05, 3.63) is 0 Å². The summed E-state index contributed by atoms with van der Waals surface area (Å²) in [7, 11) is 0. The van der Waals surface area contributed by atoms with Gasteiger partial charge < -0.3 is 15.2 Å². The van der Waals surface area contributed by atoms with Crippen LogP contribution in [0, 0.1) is 0 Å². The monoisotopic (exact) mass is 259 g/mol. The van der Waals surface area contributed by atoms with Gasteiger partial charge in [-0.05, 0) is 12.8 Å². The predicted octanol–water partition coefficient (Wildman–Crippen LogP) is 1.78. The van der Waals surface area contributed by atoms with Gasteiger partial charge in [0, 0.05) is 13.0 Å². The fourth-order valence-electron chi connectivity index (χ4n) is 1.43. The SMILES string of the molecule is CCCCOCC(CCC)OC(=O)CCC(N)=O. The van der Waals surface area contributed by atoms with Crippen molar-refractivity contribution >= 4 is 11.9 Å². The Morgan fingerprint density at radius 1 is 1.17 bits per heavy atom. The molecule has 0 bridgehead atoms. The number of primary amides is 1. The number of hydrogen-bond donors (Lipinski definition) is 1. The summed E-state index contributed by atoms with van der Waals surface area (Å²) in [5, 5.41) is 0. The van der Waals surface area contributed by atoms with Crippen LogP contribution < -0.4 is 5.73 Å². The molecule has 0 radical (unpaired) electrons. The van der Waals surface area contributed by atoms with Crippen LogP contribution in [0.5, 0.6) is 0 Å². The Labute approximate surface area is 109 Å². The first-order valence-corrected chi connectivity index (χ1v) is 6.65. The molecule has 18 heavy (non-hydrogen) atoms. The van der Waals surface area contributed by atoms with Gasteiger partial charge in [0.25, 0.3) is 0 Å². The van der Waals surface area contributed by atoms with Crippen LogP contribution >= 0.6 is 0 Å². The van der Waals surface area contributed by atoms with Crippen molar-refractivity contribution in [1.82, 2.24) is 0 Å². The van der Waals surface area contributed by atoms with Crippen molar-refractivity contribution in [2.24, 2.45) is 5.73 Å². The third kappa shape index (κ3) is 10.1. The van der Waals surface area contributed by atoms with Gasteiger partial charge in [0.15, 0.2) is 0 Å². The van der Waals surface area contributed by atoms with Crippen LogP contribution in [-0.4, -0.2) is 31.2 Å². The fraction of sp³-hybridized carbons (Fsp3) is 0.846. The van der Waals surface area contributed by atoms with Crippen LogP contribution in [0.1, 0.15) is 52.4 Å². The highest BCUT2D eigenvalue weighted by Gasteiger charge is 2.14. The van der Waals surface area contributed by atoms with Crippen LogP contribution in [0.2, 0.25) is 0 Å². The minimum atomic E-state index is -0.488. The van der Waals surface area contributed by atoms with Crippen LogP contribution in [0.3, 0.4) is 0 Å². The zero-order chi connectivity index (χ0) is 13.8. The Morgan fingerprint density at radius 2 is 1.89 bits per heavy atom. The Hall–Kier alpha value is -1.10. The molecule has 0 aromatic rings. The predicted molar refractivity (Wildman–Crippen MR) is 68.9 cm³/mol. The Kier molecular flexibility index (Phi) is 10.3. The second kappa shape index (κ2) is 11.0. The molecule has 5 nitrogen and oxygen atoms in total. The molecule has 0 aliphatic heterocycles. The molecule has 0 saturated carbocycles. The normalized spacial score (nSPS) is 12.1. The molecule has 0 rings (SSSR count). The standard InChI is InChI=1S/C13H25NO4/c1-3-5-9-17-10-11(6-4-2)18-13(16)8-7-12(14)15/h11H,3-10H2,1-2H3,(H2,14,15). The smallest absolute Gasteiger partial charge is 0.306 e. The summed E-state index contributed by atoms with van der Waals surface area (Å²) in [6.07, 6.45) is 3.65. The summed E-state index contributed by atoms with van der Waals surface area (Å²) in [4.78, 5) is 22.0. The van der Waals surface area contributed by atoms with Crippen LogP contribution in [0.15, 0.2) is 0 Å². The van der Waals surface area contributed by atoms with Crippen molar-refractivity contribution in [2.75, 3.05) is 13.2 Å². The van der Waals surface area contributed by atoms with E-state index in [0.29, 0.717) is 13.2 Å². The van der Waals surface area contributed by atoms with Gasteiger partial charge in [0.2, 0.25) is 5.91 Å². The summed E-state index contributed by atoms with van der Waals surface area (Å²) in [6, 6.07) is 0. The average molecular weight is 259 g/mol. The number of amides is 1. The third-order valence-electron chi connectivity index (χ3n) is 2.43. The van der Waals surface area contributed by atoms with Crippen LogP contribution in [0.25, 0.3) is 0 Å². The van der Waals surface area contributed by atoms with Gasteiger partial charge in [-0.15, -0.1) is 0 Å². The fourth-order valence-corrected chi connectivity index (χ4v) is 1.43. The number of hydrogen-bond acceptors (Lipinski definition) is 4. The van der Waals surface area contributed by atoms with Gasteiger partial charge in [0.05, 0.1) is 13.0 Å². The highest BCUT2D eigenvalue weighted by molar-refractivity contribution is 5.79. The molecule has 106 valence electrons. The highest BCUT2D eigenvalue weighted by Crippen LogP contribution is 2.06. The molecule has 0 aromatic heterocycles. The zero-order valence-electron chi connectivity index (χ0n) is 11.4. The van der Waals surface area contributed by atoms with Gasteiger partial charge in [-0.1, -0.05) is 26.7 Å². The summed E-state index contributed by atoms with van der Waals surface area (Å²) >= 11 is 0. The maximum Gasteiger partial charge on any atom is 0.306 e. The highest BCUT2D eigenvalue weighted by atomic mass is 16.6. The average Bonchev–Trinajstić information content (AvgIpc) is 2.32. The zero-order valence-corrected chi connectivity index (χ0v) is 11.4. The minimum absolute atomic E-state index is 0.0361. The summed E-state index contributed by atoms with van der Waals surface area (Å²) in [5.74, 6) is -0.871. The molecule has 2 N–H and O–H groups in total. The summed E-state index contributed by atoms with van der Waals surface area (Å²) < 4.78 is 10.7. The van der Waals surface area contributed by atoms with Gasteiger partial charge in [-0.2, -0.15) is 0 Å².